The van der Waals surface area contributed by atoms with E-state index in [1.807, 2.05) is 0 Å². The molecule has 0 saturated heterocycles. The lowest BCUT2D eigenvalue weighted by Crippen LogP contribution is -2.17. The predicted molar refractivity (Wildman–Crippen MR) is 319 cm³/mol. The highest BCUT2D eigenvalue weighted by Crippen LogP contribution is 2.54. The first kappa shape index (κ1) is 47.1. The molecule has 12 rings (SSSR count). The second kappa shape index (κ2) is 17.3. The number of hydrogen-bond donors (Lipinski definition) is 0. The quantitative estimate of drug-likeness (QED) is 0.140. The number of benzene rings is 10. The topological polar surface area (TPSA) is 6.48 Å². The second-order valence-electron chi connectivity index (χ2n) is 23.9. The third kappa shape index (κ3) is 7.95. The van der Waals surface area contributed by atoms with E-state index >= 15 is 0 Å². The van der Waals surface area contributed by atoms with Gasteiger partial charge in [0.15, 0.2) is 0 Å². The molecule has 0 spiro atoms. The van der Waals surface area contributed by atoms with Crippen LogP contribution in [0, 0.1) is 0 Å². The van der Waals surface area contributed by atoms with E-state index in [0.29, 0.717) is 0 Å². The molecule has 2 aliphatic carbocycles. The van der Waals surface area contributed by atoms with Crippen LogP contribution in [-0.2, 0) is 21.7 Å². The molecule has 10 aromatic carbocycles. The molecule has 2 heteroatoms. The van der Waals surface area contributed by atoms with E-state index < -0.39 is 0 Å². The van der Waals surface area contributed by atoms with Gasteiger partial charge in [0.25, 0.3) is 0 Å². The van der Waals surface area contributed by atoms with Gasteiger partial charge in [0.1, 0.15) is 0 Å². The molecule has 0 radical (unpaired) electrons. The molecule has 10 aromatic rings. The van der Waals surface area contributed by atoms with Gasteiger partial charge in [0.05, 0.1) is 11.4 Å². The van der Waals surface area contributed by atoms with Crippen molar-refractivity contribution in [2.24, 2.45) is 0 Å². The average molecular weight is 959 g/mol. The molecule has 2 nitrogen and oxygen atoms in total. The summed E-state index contributed by atoms with van der Waals surface area (Å²) >= 11 is 0. The van der Waals surface area contributed by atoms with Crippen LogP contribution >= 0.6 is 0 Å². The van der Waals surface area contributed by atoms with Crippen molar-refractivity contribution >= 4 is 67.8 Å². The van der Waals surface area contributed by atoms with E-state index in [2.05, 4.69) is 297 Å². The largest absolute Gasteiger partial charge is 0.310 e. The van der Waals surface area contributed by atoms with Gasteiger partial charge in [-0.25, -0.2) is 0 Å². The molecule has 0 bridgehead atoms. The molecule has 0 saturated carbocycles. The molecule has 0 unspecified atom stereocenters. The highest BCUT2D eigenvalue weighted by Gasteiger charge is 2.38. The van der Waals surface area contributed by atoms with E-state index in [9.17, 15) is 0 Å². The average Bonchev–Trinajstić information content (AvgIpc) is 3.76. The Labute approximate surface area is 439 Å². The Morgan fingerprint density at radius 1 is 0.324 bits per heavy atom. The van der Waals surface area contributed by atoms with Gasteiger partial charge in [0, 0.05) is 44.4 Å². The summed E-state index contributed by atoms with van der Waals surface area (Å²) in [5.74, 6) is 0. The first-order valence-corrected chi connectivity index (χ1v) is 26.5. The summed E-state index contributed by atoms with van der Waals surface area (Å²) in [6.07, 6.45) is 4.60. The molecular weight excluding hydrogens is 893 g/mol. The van der Waals surface area contributed by atoms with Crippen molar-refractivity contribution in [2.45, 2.75) is 90.9 Å². The fourth-order valence-corrected chi connectivity index (χ4v) is 12.0. The smallest absolute Gasteiger partial charge is 0.0540 e. The molecule has 0 amide bonds. The molecule has 0 aliphatic heterocycles. The van der Waals surface area contributed by atoms with Crippen LogP contribution in [0.4, 0.5) is 34.1 Å². The summed E-state index contributed by atoms with van der Waals surface area (Å²) in [5.41, 5.74) is 22.5. The van der Waals surface area contributed by atoms with Crippen molar-refractivity contribution in [3.63, 3.8) is 0 Å². The fourth-order valence-electron chi connectivity index (χ4n) is 12.0. The zero-order chi connectivity index (χ0) is 51.3. The Balaban J connectivity index is 0.853. The maximum atomic E-state index is 2.45. The van der Waals surface area contributed by atoms with Crippen molar-refractivity contribution in [2.75, 3.05) is 9.80 Å². The lowest BCUT2D eigenvalue weighted by Gasteiger charge is -2.30. The van der Waals surface area contributed by atoms with E-state index in [1.165, 1.54) is 99.7 Å². The van der Waals surface area contributed by atoms with Gasteiger partial charge in [0.2, 0.25) is 0 Å². The molecule has 74 heavy (non-hydrogen) atoms. The van der Waals surface area contributed by atoms with Crippen LogP contribution in [0.2, 0.25) is 0 Å². The maximum Gasteiger partial charge on any atom is 0.0540 e. The summed E-state index contributed by atoms with van der Waals surface area (Å²) in [6.45, 7) is 23.3. The van der Waals surface area contributed by atoms with Gasteiger partial charge in [-0.05, 0) is 149 Å². The van der Waals surface area contributed by atoms with Gasteiger partial charge in [-0.3, -0.25) is 0 Å². The maximum absolute atomic E-state index is 2.45. The Hall–Kier alpha value is -7.94. The van der Waals surface area contributed by atoms with Crippen LogP contribution < -0.4 is 9.80 Å². The van der Waals surface area contributed by atoms with Crippen molar-refractivity contribution in [3.05, 3.63) is 251 Å². The van der Waals surface area contributed by atoms with Gasteiger partial charge < -0.3 is 9.80 Å². The van der Waals surface area contributed by atoms with Gasteiger partial charge in [-0.15, -0.1) is 0 Å². The van der Waals surface area contributed by atoms with Crippen molar-refractivity contribution in [1.29, 1.82) is 0 Å². The monoisotopic (exact) mass is 959 g/mol. The van der Waals surface area contributed by atoms with Gasteiger partial charge in [-0.2, -0.15) is 0 Å². The number of fused-ring (bicyclic) bond motifs is 8. The van der Waals surface area contributed by atoms with Crippen LogP contribution in [-0.4, -0.2) is 0 Å². The Morgan fingerprint density at radius 2 is 0.649 bits per heavy atom. The molecule has 0 fully saturated rings. The summed E-state index contributed by atoms with van der Waals surface area (Å²) < 4.78 is 0. The van der Waals surface area contributed by atoms with Crippen LogP contribution in [0.15, 0.2) is 206 Å². The Bertz CT molecular complexity index is 3590. The Morgan fingerprint density at radius 3 is 1.03 bits per heavy atom. The summed E-state index contributed by atoms with van der Waals surface area (Å²) in [4.78, 5) is 4.90. The van der Waals surface area contributed by atoms with E-state index in [1.54, 1.807) is 0 Å². The lowest BCUT2D eigenvalue weighted by atomic mass is 9.81. The van der Waals surface area contributed by atoms with Crippen LogP contribution in [0.3, 0.4) is 0 Å². The minimum atomic E-state index is -0.202. The number of rotatable bonds is 8. The molecule has 0 atom stereocenters. The van der Waals surface area contributed by atoms with E-state index in [-0.39, 0.29) is 21.7 Å². The van der Waals surface area contributed by atoms with Crippen LogP contribution in [0.25, 0.3) is 56.0 Å². The van der Waals surface area contributed by atoms with Crippen molar-refractivity contribution < 1.29 is 0 Å². The fraction of sp³-hybridized carbons (Fsp3) is 0.194. The minimum absolute atomic E-state index is 0.0694. The summed E-state index contributed by atoms with van der Waals surface area (Å²) in [6, 6.07) is 77.5. The van der Waals surface area contributed by atoms with Crippen LogP contribution in [0.5, 0.6) is 0 Å². The standard InChI is InChI=1S/C72H66N2/c1-69(2,3)51-29-33-53(34-30-51)73(67-23-15-19-49-17-11-13-21-57(49)67)55-37-41-61-59-39-27-47(43-63(59)71(7,8)65(61)45-55)25-26-48-28-40-60-62-42-38-56(46-66(62)72(9,10)64(60)44-48)74(54-35-31-52(32-36-54)70(4,5)6)68-24-16-20-50-18-12-14-22-58(50)68/h11-46H,1-10H3/b26-25+. The van der Waals surface area contributed by atoms with E-state index in [4.69, 9.17) is 0 Å². The van der Waals surface area contributed by atoms with Gasteiger partial charge in [-0.1, -0.05) is 227 Å². The first-order valence-electron chi connectivity index (χ1n) is 26.5. The summed E-state index contributed by atoms with van der Waals surface area (Å²) in [7, 11) is 0. The zero-order valence-electron chi connectivity index (χ0n) is 44.7. The SMILES string of the molecule is CC(C)(C)c1ccc(N(c2ccc3c(c2)C(C)(C)c2cc(/C=C/c4ccc5c(c4)C(C)(C)c4cc(N(c6ccc(C(C)(C)C)cc6)c6cccc7ccccc67)ccc4-5)ccc2-3)c2cccc3ccccc23)cc1. The lowest BCUT2D eigenvalue weighted by molar-refractivity contribution is 0.590. The normalized spacial score (nSPS) is 14.2. The number of nitrogens with zero attached hydrogens (tertiary/aromatic N) is 2. The summed E-state index contributed by atoms with van der Waals surface area (Å²) in [5, 5.41) is 4.93. The molecule has 2 aliphatic rings. The van der Waals surface area contributed by atoms with Crippen LogP contribution in [0.1, 0.15) is 114 Å². The molecule has 0 heterocycles. The van der Waals surface area contributed by atoms with Crippen molar-refractivity contribution in [1.82, 2.24) is 0 Å². The molecular formula is C72H66N2. The second-order valence-corrected chi connectivity index (χ2v) is 23.9. The predicted octanol–water partition coefficient (Wildman–Crippen LogP) is 20.3. The highest BCUT2D eigenvalue weighted by molar-refractivity contribution is 6.01. The first-order chi connectivity index (χ1) is 35.4. The van der Waals surface area contributed by atoms with Crippen molar-refractivity contribution in [3.8, 4) is 22.3 Å². The van der Waals surface area contributed by atoms with Gasteiger partial charge >= 0.3 is 0 Å². The highest BCUT2D eigenvalue weighted by atomic mass is 15.1. The Kier molecular flexibility index (Phi) is 11.0. The zero-order valence-corrected chi connectivity index (χ0v) is 44.7. The number of hydrogen-bond acceptors (Lipinski definition) is 2. The molecule has 364 valence electrons. The van der Waals surface area contributed by atoms with E-state index in [0.717, 1.165) is 22.7 Å². The number of anilines is 6. The third-order valence-corrected chi connectivity index (χ3v) is 16.4. The molecule has 0 N–H and O–H groups in total. The minimum Gasteiger partial charge on any atom is -0.310 e. The molecule has 0 aromatic heterocycles. The third-order valence-electron chi connectivity index (χ3n) is 16.4.